The molecule has 1 aliphatic heterocycles. The van der Waals surface area contributed by atoms with Crippen molar-refractivity contribution in [3.63, 3.8) is 0 Å². The fourth-order valence-electron chi connectivity index (χ4n) is 4.60. The van der Waals surface area contributed by atoms with E-state index in [-0.39, 0.29) is 11.9 Å². The quantitative estimate of drug-likeness (QED) is 0.242. The second kappa shape index (κ2) is 11.1. The van der Waals surface area contributed by atoms with Crippen molar-refractivity contribution in [3.8, 4) is 5.75 Å². The molecule has 0 saturated carbocycles. The zero-order valence-electron chi connectivity index (χ0n) is 22.2. The zero-order chi connectivity index (χ0) is 25.7. The van der Waals surface area contributed by atoms with E-state index < -0.39 is 5.41 Å². The fraction of sp³-hybridized carbons (Fsp3) is 0.344. The van der Waals surface area contributed by atoms with E-state index in [1.54, 1.807) is 0 Å². The Hall–Kier alpha value is -3.37. The molecule has 36 heavy (non-hydrogen) atoms. The van der Waals surface area contributed by atoms with Gasteiger partial charge in [-0.15, -0.1) is 0 Å². The van der Waals surface area contributed by atoms with Gasteiger partial charge in [0.1, 0.15) is 5.75 Å². The summed E-state index contributed by atoms with van der Waals surface area (Å²) in [6.07, 6.45) is 0. The molecule has 1 saturated heterocycles. The van der Waals surface area contributed by atoms with Crippen molar-refractivity contribution < 1.29 is 9.53 Å². The molecular weight excluding hydrogens is 444 g/mol. The molecule has 1 heterocycles. The van der Waals surface area contributed by atoms with Crippen molar-refractivity contribution >= 4 is 22.8 Å². The first-order chi connectivity index (χ1) is 17.2. The number of carbonyl (C=O) groups is 1. The Balaban J connectivity index is 1.83. The number of esters is 1. The molecule has 0 unspecified atom stereocenters. The molecule has 1 N–H and O–H groups in total. The monoisotopic (exact) mass is 482 g/mol. The van der Waals surface area contributed by atoms with Gasteiger partial charge in [-0.3, -0.25) is 4.79 Å². The van der Waals surface area contributed by atoms with Gasteiger partial charge in [-0.2, -0.15) is 0 Å². The Morgan fingerprint density at radius 2 is 1.47 bits per heavy atom. The standard InChI is InChI=1S/C32H38N2O2/c1-23(2)29(24-10-7-6-8-11-24)30(25-14-16-27(17-15-25)34-20-18-33-19-21-34)26-12-9-13-28(22-26)36-31(35)32(3,4)5/h6-17,22-23,33H,18-21H2,1-5H3/b30-29+. The molecule has 4 nitrogen and oxygen atoms in total. The fourth-order valence-corrected chi connectivity index (χ4v) is 4.60. The third kappa shape index (κ3) is 6.06. The molecule has 188 valence electrons. The van der Waals surface area contributed by atoms with Crippen LogP contribution < -0.4 is 15.0 Å². The maximum Gasteiger partial charge on any atom is 0.316 e. The number of piperazine rings is 1. The lowest BCUT2D eigenvalue weighted by molar-refractivity contribution is -0.142. The van der Waals surface area contributed by atoms with Gasteiger partial charge >= 0.3 is 5.97 Å². The van der Waals surface area contributed by atoms with Crippen LogP contribution in [-0.4, -0.2) is 32.1 Å². The maximum atomic E-state index is 12.6. The molecule has 0 radical (unpaired) electrons. The Kier molecular flexibility index (Phi) is 7.95. The van der Waals surface area contributed by atoms with E-state index in [9.17, 15) is 4.79 Å². The largest absolute Gasteiger partial charge is 0.426 e. The molecule has 4 rings (SSSR count). The number of carbonyl (C=O) groups excluding carboxylic acids is 1. The van der Waals surface area contributed by atoms with Gasteiger partial charge < -0.3 is 15.0 Å². The van der Waals surface area contributed by atoms with Crippen molar-refractivity contribution in [2.75, 3.05) is 31.1 Å². The van der Waals surface area contributed by atoms with Crippen LogP contribution in [0.4, 0.5) is 5.69 Å². The Morgan fingerprint density at radius 1 is 0.833 bits per heavy atom. The van der Waals surface area contributed by atoms with Crippen LogP contribution in [0.25, 0.3) is 11.1 Å². The summed E-state index contributed by atoms with van der Waals surface area (Å²) in [6.45, 7) is 14.2. The molecule has 0 bridgehead atoms. The molecule has 4 heteroatoms. The lowest BCUT2D eigenvalue weighted by Gasteiger charge is -2.29. The van der Waals surface area contributed by atoms with Crippen LogP contribution in [-0.2, 0) is 4.79 Å². The van der Waals surface area contributed by atoms with Gasteiger partial charge in [-0.05, 0) is 78.8 Å². The highest BCUT2D eigenvalue weighted by atomic mass is 16.5. The van der Waals surface area contributed by atoms with Gasteiger partial charge in [0.05, 0.1) is 5.41 Å². The third-order valence-corrected chi connectivity index (χ3v) is 6.52. The van der Waals surface area contributed by atoms with Crippen molar-refractivity contribution in [1.82, 2.24) is 5.32 Å². The van der Waals surface area contributed by atoms with Gasteiger partial charge in [0, 0.05) is 31.9 Å². The first-order valence-electron chi connectivity index (χ1n) is 12.9. The highest BCUT2D eigenvalue weighted by molar-refractivity contribution is 5.99. The summed E-state index contributed by atoms with van der Waals surface area (Å²) in [5.74, 6) is 0.618. The number of hydrogen-bond donors (Lipinski definition) is 1. The van der Waals surface area contributed by atoms with Crippen LogP contribution in [0, 0.1) is 11.3 Å². The molecule has 0 aliphatic carbocycles. The summed E-state index contributed by atoms with van der Waals surface area (Å²) in [6, 6.07) is 27.4. The average Bonchev–Trinajstić information content (AvgIpc) is 2.88. The molecule has 0 atom stereocenters. The first kappa shape index (κ1) is 25.7. The second-order valence-corrected chi connectivity index (χ2v) is 10.8. The van der Waals surface area contributed by atoms with Crippen LogP contribution in [0.15, 0.2) is 78.9 Å². The van der Waals surface area contributed by atoms with Gasteiger partial charge in [-0.25, -0.2) is 0 Å². The molecule has 0 spiro atoms. The van der Waals surface area contributed by atoms with E-state index in [4.69, 9.17) is 4.74 Å². The van der Waals surface area contributed by atoms with Crippen molar-refractivity contribution in [3.05, 3.63) is 95.6 Å². The lowest BCUT2D eigenvalue weighted by Crippen LogP contribution is -2.43. The van der Waals surface area contributed by atoms with Crippen molar-refractivity contribution in [1.29, 1.82) is 0 Å². The normalized spacial score (nSPS) is 15.0. The molecule has 0 aromatic heterocycles. The average molecular weight is 483 g/mol. The minimum atomic E-state index is -0.568. The Labute approximate surface area is 216 Å². The molecule has 3 aromatic carbocycles. The Bertz CT molecular complexity index is 1200. The number of allylic oxidation sites excluding steroid dienone is 1. The number of nitrogens with zero attached hydrogens (tertiary/aromatic N) is 1. The Morgan fingerprint density at radius 3 is 2.08 bits per heavy atom. The van der Waals surface area contributed by atoms with E-state index in [0.717, 1.165) is 42.9 Å². The van der Waals surface area contributed by atoms with Crippen LogP contribution in [0.5, 0.6) is 5.75 Å². The topological polar surface area (TPSA) is 41.6 Å². The van der Waals surface area contributed by atoms with Crippen molar-refractivity contribution in [2.45, 2.75) is 34.6 Å². The number of benzene rings is 3. The second-order valence-electron chi connectivity index (χ2n) is 10.8. The zero-order valence-corrected chi connectivity index (χ0v) is 22.2. The summed E-state index contributed by atoms with van der Waals surface area (Å²) >= 11 is 0. The van der Waals surface area contributed by atoms with E-state index in [1.165, 1.54) is 16.8 Å². The molecular formula is C32H38N2O2. The summed E-state index contributed by atoms with van der Waals surface area (Å²) in [7, 11) is 0. The maximum absolute atomic E-state index is 12.6. The lowest BCUT2D eigenvalue weighted by atomic mass is 9.84. The van der Waals surface area contributed by atoms with Crippen LogP contribution >= 0.6 is 0 Å². The third-order valence-electron chi connectivity index (χ3n) is 6.52. The summed E-state index contributed by atoms with van der Waals surface area (Å²) < 4.78 is 5.78. The highest BCUT2D eigenvalue weighted by Crippen LogP contribution is 2.38. The van der Waals surface area contributed by atoms with Crippen LogP contribution in [0.2, 0.25) is 0 Å². The molecule has 0 amide bonds. The highest BCUT2D eigenvalue weighted by Gasteiger charge is 2.24. The van der Waals surface area contributed by atoms with Crippen LogP contribution in [0.1, 0.15) is 51.3 Å². The van der Waals surface area contributed by atoms with Gasteiger partial charge in [-0.1, -0.05) is 68.4 Å². The van der Waals surface area contributed by atoms with Crippen LogP contribution in [0.3, 0.4) is 0 Å². The number of nitrogens with one attached hydrogen (secondary N) is 1. The van der Waals surface area contributed by atoms with E-state index >= 15 is 0 Å². The molecule has 1 aliphatic rings. The smallest absolute Gasteiger partial charge is 0.316 e. The van der Waals surface area contributed by atoms with E-state index in [1.807, 2.05) is 39.0 Å². The number of ether oxygens (including phenoxy) is 1. The van der Waals surface area contributed by atoms with Gasteiger partial charge in [0.15, 0.2) is 0 Å². The number of rotatable bonds is 6. The minimum absolute atomic E-state index is 0.238. The van der Waals surface area contributed by atoms with Gasteiger partial charge in [0.2, 0.25) is 0 Å². The number of hydrogen-bond acceptors (Lipinski definition) is 4. The predicted octanol–water partition coefficient (Wildman–Crippen LogP) is 6.66. The number of anilines is 1. The summed E-state index contributed by atoms with van der Waals surface area (Å²) in [5.41, 5.74) is 6.50. The molecule has 1 fully saturated rings. The van der Waals surface area contributed by atoms with Crippen molar-refractivity contribution in [2.24, 2.45) is 11.3 Å². The SMILES string of the molecule is CC(C)/C(=C(/c1ccc(N2CCNCC2)cc1)c1cccc(OC(=O)C(C)(C)C)c1)c1ccccc1. The summed E-state index contributed by atoms with van der Waals surface area (Å²) in [5, 5.41) is 3.42. The van der Waals surface area contributed by atoms with E-state index in [2.05, 4.69) is 84.7 Å². The summed E-state index contributed by atoms with van der Waals surface area (Å²) in [4.78, 5) is 15.0. The van der Waals surface area contributed by atoms with E-state index in [0.29, 0.717) is 5.75 Å². The first-order valence-corrected chi connectivity index (χ1v) is 12.9. The van der Waals surface area contributed by atoms with Gasteiger partial charge in [0.25, 0.3) is 0 Å². The molecule has 3 aromatic rings. The predicted molar refractivity (Wildman–Crippen MR) is 150 cm³/mol. The minimum Gasteiger partial charge on any atom is -0.426 e.